The van der Waals surface area contributed by atoms with Crippen molar-refractivity contribution in [3.63, 3.8) is 0 Å². The molecule has 1 heterocycles. The molecule has 0 spiro atoms. The van der Waals surface area contributed by atoms with Crippen LogP contribution >= 0.6 is 0 Å². The van der Waals surface area contributed by atoms with E-state index in [1.54, 1.807) is 49.4 Å². The molecule has 1 aromatic heterocycles. The maximum Gasteiger partial charge on any atom is 0.272 e. The van der Waals surface area contributed by atoms with Gasteiger partial charge in [0.2, 0.25) is 0 Å². The lowest BCUT2D eigenvalue weighted by Crippen LogP contribution is -2.28. The summed E-state index contributed by atoms with van der Waals surface area (Å²) in [6.45, 7) is 2.74. The summed E-state index contributed by atoms with van der Waals surface area (Å²) in [5.41, 5.74) is 1.30. The SMILES string of the molecule is CCCCN(C)C(=O)c1cc(C(=O)Nc2ccc(OC)cc2)ccn1. The van der Waals surface area contributed by atoms with Crippen LogP contribution in [-0.2, 0) is 0 Å². The van der Waals surface area contributed by atoms with Gasteiger partial charge in [0.05, 0.1) is 7.11 Å². The molecule has 0 unspecified atom stereocenters. The molecule has 2 rings (SSSR count). The van der Waals surface area contributed by atoms with Crippen LogP contribution in [0.3, 0.4) is 0 Å². The summed E-state index contributed by atoms with van der Waals surface area (Å²) in [7, 11) is 3.32. The van der Waals surface area contributed by atoms with E-state index < -0.39 is 0 Å². The van der Waals surface area contributed by atoms with Crippen molar-refractivity contribution in [2.75, 3.05) is 26.0 Å². The van der Waals surface area contributed by atoms with Crippen LogP contribution in [0, 0.1) is 0 Å². The van der Waals surface area contributed by atoms with Gasteiger partial charge in [0.1, 0.15) is 11.4 Å². The Kier molecular flexibility index (Phi) is 6.51. The van der Waals surface area contributed by atoms with Gasteiger partial charge in [-0.1, -0.05) is 13.3 Å². The maximum atomic E-state index is 12.4. The molecule has 0 saturated carbocycles. The molecular formula is C19H23N3O3. The fraction of sp³-hybridized carbons (Fsp3) is 0.316. The van der Waals surface area contributed by atoms with E-state index in [1.165, 1.54) is 12.3 Å². The van der Waals surface area contributed by atoms with Crippen molar-refractivity contribution in [2.45, 2.75) is 19.8 Å². The molecule has 0 atom stereocenters. The number of aromatic nitrogens is 1. The van der Waals surface area contributed by atoms with E-state index >= 15 is 0 Å². The number of unbranched alkanes of at least 4 members (excludes halogenated alkanes) is 1. The standard InChI is InChI=1S/C19H23N3O3/c1-4-5-12-22(2)19(24)17-13-14(10-11-20-17)18(23)21-15-6-8-16(25-3)9-7-15/h6-11,13H,4-5,12H2,1-3H3,(H,21,23). The van der Waals surface area contributed by atoms with Gasteiger partial charge >= 0.3 is 0 Å². The molecule has 1 aromatic carbocycles. The number of anilines is 1. The van der Waals surface area contributed by atoms with Crippen molar-refractivity contribution in [1.82, 2.24) is 9.88 Å². The Morgan fingerprint density at radius 1 is 1.20 bits per heavy atom. The van der Waals surface area contributed by atoms with Gasteiger partial charge in [0.15, 0.2) is 0 Å². The summed E-state index contributed by atoms with van der Waals surface area (Å²) >= 11 is 0. The van der Waals surface area contributed by atoms with E-state index in [1.807, 2.05) is 0 Å². The van der Waals surface area contributed by atoms with Crippen LogP contribution in [-0.4, -0.2) is 42.4 Å². The highest BCUT2D eigenvalue weighted by molar-refractivity contribution is 6.05. The van der Waals surface area contributed by atoms with Gasteiger partial charge in [-0.15, -0.1) is 0 Å². The van der Waals surface area contributed by atoms with Crippen LogP contribution in [0.2, 0.25) is 0 Å². The van der Waals surface area contributed by atoms with Gasteiger partial charge in [0, 0.05) is 31.0 Å². The number of nitrogens with zero attached hydrogens (tertiary/aromatic N) is 2. The Labute approximate surface area is 147 Å². The van der Waals surface area contributed by atoms with E-state index in [4.69, 9.17) is 4.74 Å². The molecule has 0 aliphatic heterocycles. The van der Waals surface area contributed by atoms with E-state index in [0.29, 0.717) is 23.5 Å². The van der Waals surface area contributed by atoms with E-state index in [-0.39, 0.29) is 17.5 Å². The van der Waals surface area contributed by atoms with Crippen LogP contribution in [0.1, 0.15) is 40.6 Å². The van der Waals surface area contributed by atoms with Gasteiger partial charge in [-0.2, -0.15) is 0 Å². The lowest BCUT2D eigenvalue weighted by atomic mass is 10.2. The monoisotopic (exact) mass is 341 g/mol. The molecule has 0 saturated heterocycles. The summed E-state index contributed by atoms with van der Waals surface area (Å²) in [4.78, 5) is 30.5. The summed E-state index contributed by atoms with van der Waals surface area (Å²) in [5.74, 6) is 0.232. The zero-order valence-electron chi connectivity index (χ0n) is 14.8. The minimum atomic E-state index is -0.294. The molecule has 132 valence electrons. The van der Waals surface area contributed by atoms with Crippen molar-refractivity contribution < 1.29 is 14.3 Å². The minimum Gasteiger partial charge on any atom is -0.497 e. The summed E-state index contributed by atoms with van der Waals surface area (Å²) < 4.78 is 5.09. The first-order valence-corrected chi connectivity index (χ1v) is 8.22. The first-order chi connectivity index (χ1) is 12.0. The zero-order chi connectivity index (χ0) is 18.2. The lowest BCUT2D eigenvalue weighted by molar-refractivity contribution is 0.0787. The molecule has 0 aliphatic carbocycles. The molecule has 1 N–H and O–H groups in total. The summed E-state index contributed by atoms with van der Waals surface area (Å²) in [6.07, 6.45) is 3.42. The van der Waals surface area contributed by atoms with Crippen molar-refractivity contribution in [1.29, 1.82) is 0 Å². The average Bonchev–Trinajstić information content (AvgIpc) is 2.66. The topological polar surface area (TPSA) is 71.5 Å². The number of rotatable bonds is 7. The van der Waals surface area contributed by atoms with E-state index in [2.05, 4.69) is 17.2 Å². The Morgan fingerprint density at radius 3 is 2.56 bits per heavy atom. The van der Waals surface area contributed by atoms with Crippen LogP contribution in [0.4, 0.5) is 5.69 Å². The number of hydrogen-bond acceptors (Lipinski definition) is 4. The predicted octanol–water partition coefficient (Wildman–Crippen LogP) is 3.21. The molecule has 0 radical (unpaired) electrons. The number of benzene rings is 1. The van der Waals surface area contributed by atoms with Crippen LogP contribution in [0.5, 0.6) is 5.75 Å². The Balaban J connectivity index is 2.08. The molecule has 2 amide bonds. The highest BCUT2D eigenvalue weighted by atomic mass is 16.5. The molecular weight excluding hydrogens is 318 g/mol. The average molecular weight is 341 g/mol. The number of methoxy groups -OCH3 is 1. The van der Waals surface area contributed by atoms with Crippen molar-refractivity contribution in [3.8, 4) is 5.75 Å². The fourth-order valence-electron chi connectivity index (χ4n) is 2.26. The fourth-order valence-corrected chi connectivity index (χ4v) is 2.26. The Bertz CT molecular complexity index is 729. The van der Waals surface area contributed by atoms with E-state index in [9.17, 15) is 9.59 Å². The van der Waals surface area contributed by atoms with Gasteiger partial charge in [0.25, 0.3) is 11.8 Å². The smallest absolute Gasteiger partial charge is 0.272 e. The molecule has 6 heteroatoms. The van der Waals surface area contributed by atoms with Crippen LogP contribution in [0.25, 0.3) is 0 Å². The van der Waals surface area contributed by atoms with Crippen LogP contribution < -0.4 is 10.1 Å². The van der Waals surface area contributed by atoms with Crippen molar-refractivity contribution in [3.05, 3.63) is 53.9 Å². The van der Waals surface area contributed by atoms with Crippen molar-refractivity contribution in [2.24, 2.45) is 0 Å². The zero-order valence-corrected chi connectivity index (χ0v) is 14.8. The third-order valence-electron chi connectivity index (χ3n) is 3.78. The number of nitrogens with one attached hydrogen (secondary N) is 1. The van der Waals surface area contributed by atoms with Gasteiger partial charge in [-0.25, -0.2) is 0 Å². The Hall–Kier alpha value is -2.89. The number of hydrogen-bond donors (Lipinski definition) is 1. The van der Waals surface area contributed by atoms with Crippen molar-refractivity contribution >= 4 is 17.5 Å². The lowest BCUT2D eigenvalue weighted by Gasteiger charge is -2.16. The first-order valence-electron chi connectivity index (χ1n) is 8.22. The normalized spacial score (nSPS) is 10.2. The number of carbonyl (C=O) groups excluding carboxylic acids is 2. The quantitative estimate of drug-likeness (QED) is 0.839. The third kappa shape index (κ3) is 5.04. The molecule has 0 fully saturated rings. The number of amides is 2. The molecule has 25 heavy (non-hydrogen) atoms. The largest absolute Gasteiger partial charge is 0.497 e. The third-order valence-corrected chi connectivity index (χ3v) is 3.78. The molecule has 6 nitrogen and oxygen atoms in total. The predicted molar refractivity (Wildman–Crippen MR) is 97.1 cm³/mol. The minimum absolute atomic E-state index is 0.187. The Morgan fingerprint density at radius 2 is 1.92 bits per heavy atom. The summed E-state index contributed by atoms with van der Waals surface area (Å²) in [5, 5.41) is 2.79. The maximum absolute atomic E-state index is 12.4. The molecule has 2 aromatic rings. The van der Waals surface area contributed by atoms with Crippen LogP contribution in [0.15, 0.2) is 42.6 Å². The molecule has 0 bridgehead atoms. The summed E-state index contributed by atoms with van der Waals surface area (Å²) in [6, 6.07) is 10.1. The number of ether oxygens (including phenoxy) is 1. The van der Waals surface area contributed by atoms with Gasteiger partial charge in [-0.05, 0) is 42.8 Å². The number of carbonyl (C=O) groups is 2. The second kappa shape index (κ2) is 8.82. The highest BCUT2D eigenvalue weighted by Crippen LogP contribution is 2.16. The van der Waals surface area contributed by atoms with Gasteiger partial charge in [-0.3, -0.25) is 14.6 Å². The second-order valence-corrected chi connectivity index (χ2v) is 5.69. The molecule has 0 aliphatic rings. The number of pyridine rings is 1. The van der Waals surface area contributed by atoms with Gasteiger partial charge < -0.3 is 15.0 Å². The van der Waals surface area contributed by atoms with E-state index in [0.717, 1.165) is 12.8 Å². The second-order valence-electron chi connectivity index (χ2n) is 5.69. The first kappa shape index (κ1) is 18.4. The highest BCUT2D eigenvalue weighted by Gasteiger charge is 2.15.